The Kier molecular flexibility index (Phi) is 6.00. The summed E-state index contributed by atoms with van der Waals surface area (Å²) < 4.78 is 0. The zero-order chi connectivity index (χ0) is 12.5. The molecule has 1 rings (SSSR count). The topological polar surface area (TPSA) is 41.5 Å². The molecule has 0 aliphatic carbocycles. The average Bonchev–Trinajstić information content (AvgIpc) is 2.35. The third-order valence-electron chi connectivity index (χ3n) is 2.43. The van der Waals surface area contributed by atoms with Crippen molar-refractivity contribution >= 4 is 11.6 Å². The highest BCUT2D eigenvalue weighted by molar-refractivity contribution is 5.86. The highest BCUT2D eigenvalue weighted by atomic mass is 16.2. The summed E-state index contributed by atoms with van der Waals surface area (Å²) in [5.41, 5.74) is 4.71. The Hall–Kier alpha value is -1.64. The van der Waals surface area contributed by atoms with Gasteiger partial charge in [0.25, 0.3) is 0 Å². The lowest BCUT2D eigenvalue weighted by Crippen LogP contribution is -2.19. The second-order valence-electron chi connectivity index (χ2n) is 4.15. The Morgan fingerprint density at radius 2 is 2.00 bits per heavy atom. The van der Waals surface area contributed by atoms with Crippen molar-refractivity contribution in [2.24, 2.45) is 5.10 Å². The number of amides is 1. The van der Waals surface area contributed by atoms with E-state index in [1.165, 1.54) is 5.56 Å². The number of nitrogens with one attached hydrogen (secondary N) is 1. The molecule has 0 radical (unpaired) electrons. The van der Waals surface area contributed by atoms with Crippen LogP contribution in [0.2, 0.25) is 0 Å². The van der Waals surface area contributed by atoms with Gasteiger partial charge in [-0.05, 0) is 18.9 Å². The summed E-state index contributed by atoms with van der Waals surface area (Å²) in [5, 5.41) is 4.09. The minimum Gasteiger partial charge on any atom is -0.273 e. The van der Waals surface area contributed by atoms with E-state index in [4.69, 9.17) is 0 Å². The van der Waals surface area contributed by atoms with Crippen molar-refractivity contribution in [2.75, 3.05) is 0 Å². The highest BCUT2D eigenvalue weighted by Gasteiger charge is 1.99. The Morgan fingerprint density at radius 1 is 1.29 bits per heavy atom. The fourth-order valence-corrected chi connectivity index (χ4v) is 1.48. The van der Waals surface area contributed by atoms with Crippen LogP contribution >= 0.6 is 0 Å². The second-order valence-corrected chi connectivity index (χ2v) is 4.15. The number of carbonyl (C=O) groups excluding carboxylic acids is 1. The van der Waals surface area contributed by atoms with Crippen LogP contribution < -0.4 is 5.43 Å². The molecule has 1 aromatic carbocycles. The summed E-state index contributed by atoms with van der Waals surface area (Å²) in [6, 6.07) is 10.1. The van der Waals surface area contributed by atoms with Gasteiger partial charge in [0.15, 0.2) is 0 Å². The van der Waals surface area contributed by atoms with Gasteiger partial charge in [0.05, 0.1) is 0 Å². The first-order valence-corrected chi connectivity index (χ1v) is 6.08. The number of hydrazone groups is 1. The molecular weight excluding hydrogens is 212 g/mol. The predicted molar refractivity (Wildman–Crippen MR) is 70.9 cm³/mol. The van der Waals surface area contributed by atoms with Gasteiger partial charge in [-0.15, -0.1) is 0 Å². The third kappa shape index (κ3) is 5.85. The quantitative estimate of drug-likeness (QED) is 0.594. The highest BCUT2D eigenvalue weighted by Crippen LogP contribution is 2.00. The van der Waals surface area contributed by atoms with Gasteiger partial charge in [0.1, 0.15) is 0 Å². The normalized spacial score (nSPS) is 11.3. The van der Waals surface area contributed by atoms with E-state index < -0.39 is 0 Å². The van der Waals surface area contributed by atoms with Gasteiger partial charge in [-0.1, -0.05) is 43.7 Å². The maximum Gasteiger partial charge on any atom is 0.240 e. The number of hydrogen-bond donors (Lipinski definition) is 1. The Balaban J connectivity index is 2.37. The molecule has 0 spiro atoms. The molecule has 0 fully saturated rings. The summed E-state index contributed by atoms with van der Waals surface area (Å²) in [5.74, 6) is -0.000684. The van der Waals surface area contributed by atoms with E-state index >= 15 is 0 Å². The van der Waals surface area contributed by atoms with Crippen molar-refractivity contribution in [1.29, 1.82) is 0 Å². The summed E-state index contributed by atoms with van der Waals surface area (Å²) in [4.78, 5) is 11.3. The zero-order valence-corrected chi connectivity index (χ0v) is 10.6. The molecule has 17 heavy (non-hydrogen) atoms. The maximum absolute atomic E-state index is 11.3. The van der Waals surface area contributed by atoms with E-state index in [0.717, 1.165) is 25.0 Å². The molecular formula is C14H20N2O. The molecule has 0 atom stereocenters. The minimum absolute atomic E-state index is 0.000684. The van der Waals surface area contributed by atoms with E-state index in [2.05, 4.69) is 29.6 Å². The first-order chi connectivity index (χ1) is 8.22. The largest absolute Gasteiger partial charge is 0.273 e. The number of carbonyl (C=O) groups is 1. The van der Waals surface area contributed by atoms with Crippen molar-refractivity contribution in [3.63, 3.8) is 0 Å². The van der Waals surface area contributed by atoms with Crippen LogP contribution in [0.3, 0.4) is 0 Å². The Bertz CT molecular complexity index is 371. The zero-order valence-electron chi connectivity index (χ0n) is 10.6. The number of nitrogens with zero attached hydrogens (tertiary/aromatic N) is 1. The molecule has 0 saturated heterocycles. The van der Waals surface area contributed by atoms with Gasteiger partial charge in [0.2, 0.25) is 5.91 Å². The molecule has 1 amide bonds. The van der Waals surface area contributed by atoms with Gasteiger partial charge < -0.3 is 0 Å². The van der Waals surface area contributed by atoms with Crippen molar-refractivity contribution in [3.05, 3.63) is 35.9 Å². The van der Waals surface area contributed by atoms with Crippen LogP contribution in [0.5, 0.6) is 0 Å². The van der Waals surface area contributed by atoms with Crippen LogP contribution in [0.4, 0.5) is 0 Å². The molecule has 3 nitrogen and oxygen atoms in total. The lowest BCUT2D eigenvalue weighted by atomic mass is 10.1. The summed E-state index contributed by atoms with van der Waals surface area (Å²) in [6.07, 6.45) is 3.27. The maximum atomic E-state index is 11.3. The summed E-state index contributed by atoms with van der Waals surface area (Å²) in [6.45, 7) is 3.99. The molecule has 1 N–H and O–H groups in total. The molecule has 0 saturated carbocycles. The van der Waals surface area contributed by atoms with E-state index in [1.807, 2.05) is 25.1 Å². The fourth-order valence-electron chi connectivity index (χ4n) is 1.48. The van der Waals surface area contributed by atoms with Crippen LogP contribution in [0.15, 0.2) is 35.4 Å². The van der Waals surface area contributed by atoms with E-state index in [0.29, 0.717) is 6.42 Å². The van der Waals surface area contributed by atoms with Crippen LogP contribution in [0.25, 0.3) is 0 Å². The first-order valence-electron chi connectivity index (χ1n) is 6.08. The van der Waals surface area contributed by atoms with Gasteiger partial charge in [-0.3, -0.25) is 4.79 Å². The van der Waals surface area contributed by atoms with Crippen LogP contribution in [0.1, 0.15) is 38.7 Å². The molecule has 1 aromatic rings. The van der Waals surface area contributed by atoms with Crippen molar-refractivity contribution in [1.82, 2.24) is 5.43 Å². The molecule has 0 aliphatic heterocycles. The van der Waals surface area contributed by atoms with Gasteiger partial charge in [-0.25, -0.2) is 5.43 Å². The minimum atomic E-state index is -0.000684. The van der Waals surface area contributed by atoms with Gasteiger partial charge >= 0.3 is 0 Å². The van der Waals surface area contributed by atoms with E-state index in [-0.39, 0.29) is 5.91 Å². The van der Waals surface area contributed by atoms with Crippen LogP contribution in [-0.4, -0.2) is 11.6 Å². The van der Waals surface area contributed by atoms with E-state index in [1.54, 1.807) is 0 Å². The number of benzene rings is 1. The van der Waals surface area contributed by atoms with Crippen molar-refractivity contribution < 1.29 is 4.79 Å². The van der Waals surface area contributed by atoms with Gasteiger partial charge in [-0.2, -0.15) is 5.10 Å². The molecule has 3 heteroatoms. The van der Waals surface area contributed by atoms with E-state index in [9.17, 15) is 4.79 Å². The SMILES string of the molecule is CCCCC(=O)N/N=C(/C)Cc1ccccc1. The van der Waals surface area contributed by atoms with Gasteiger partial charge in [0, 0.05) is 18.6 Å². The van der Waals surface area contributed by atoms with Crippen molar-refractivity contribution in [2.45, 2.75) is 39.5 Å². The monoisotopic (exact) mass is 232 g/mol. The molecule has 0 aliphatic rings. The lowest BCUT2D eigenvalue weighted by molar-refractivity contribution is -0.121. The van der Waals surface area contributed by atoms with Crippen LogP contribution in [0, 0.1) is 0 Å². The molecule has 0 unspecified atom stereocenters. The molecule has 0 aromatic heterocycles. The molecule has 0 heterocycles. The number of hydrogen-bond acceptors (Lipinski definition) is 2. The van der Waals surface area contributed by atoms with Crippen molar-refractivity contribution in [3.8, 4) is 0 Å². The smallest absolute Gasteiger partial charge is 0.240 e. The summed E-state index contributed by atoms with van der Waals surface area (Å²) in [7, 11) is 0. The fraction of sp³-hybridized carbons (Fsp3) is 0.429. The number of rotatable bonds is 6. The standard InChI is InChI=1S/C14H20N2O/c1-3-4-10-14(17)16-15-12(2)11-13-8-6-5-7-9-13/h5-9H,3-4,10-11H2,1-2H3,(H,16,17)/b15-12-. The third-order valence-corrected chi connectivity index (χ3v) is 2.43. The average molecular weight is 232 g/mol. The number of unbranched alkanes of at least 4 members (excludes halogenated alkanes) is 1. The second kappa shape index (κ2) is 7.60. The lowest BCUT2D eigenvalue weighted by Gasteiger charge is -2.02. The Labute approximate surface area is 103 Å². The predicted octanol–water partition coefficient (Wildman–Crippen LogP) is 2.91. The first kappa shape index (κ1) is 13.4. The Morgan fingerprint density at radius 3 is 2.65 bits per heavy atom. The van der Waals surface area contributed by atoms with Crippen LogP contribution in [-0.2, 0) is 11.2 Å². The summed E-state index contributed by atoms with van der Waals surface area (Å²) >= 11 is 0. The molecule has 0 bridgehead atoms. The molecule has 92 valence electrons.